The van der Waals surface area contributed by atoms with Gasteiger partial charge < -0.3 is 46.4 Å². The summed E-state index contributed by atoms with van der Waals surface area (Å²) >= 11 is 0. The first-order chi connectivity index (χ1) is 48.8. The smallest absolute Gasteiger partial charge is 0.356 e. The van der Waals surface area contributed by atoms with E-state index in [4.69, 9.17) is 43.4 Å². The molecular weight excluding hydrogens is 1310 g/mol. The van der Waals surface area contributed by atoms with Gasteiger partial charge in [-0.2, -0.15) is 0 Å². The number of hydrogen-bond acceptors (Lipinski definition) is 18. The molecule has 102 heavy (non-hydrogen) atoms. The fourth-order valence-corrected chi connectivity index (χ4v) is 12.2. The third-order valence-corrected chi connectivity index (χ3v) is 18.5. The van der Waals surface area contributed by atoms with Crippen LogP contribution in [0.1, 0.15) is 147 Å². The highest BCUT2D eigenvalue weighted by Crippen LogP contribution is 2.21. The predicted molar refractivity (Wildman–Crippen MR) is 395 cm³/mol. The van der Waals surface area contributed by atoms with Crippen molar-refractivity contribution in [3.05, 3.63) is 177 Å². The number of nitrogens with zero attached hydrogens (tertiary/aromatic N) is 9. The van der Waals surface area contributed by atoms with Crippen molar-refractivity contribution in [1.29, 1.82) is 0 Å². The molecule has 3 aromatic heterocycles. The molecular formula is C80H105N9O12S+2. The molecule has 3 aromatic carbocycles. The molecule has 1 saturated heterocycles. The largest absolute Gasteiger partial charge is 0.748 e. The Hall–Kier alpha value is -8.73. The molecule has 1 aliphatic heterocycles. The molecule has 0 amide bonds. The zero-order chi connectivity index (χ0) is 73.6. The molecule has 0 saturated carbocycles. The number of unbranched alkanes of at least 4 members (excludes halogenated alkanes) is 2. The Morgan fingerprint density at radius 2 is 0.657 bits per heavy atom. The Kier molecular flexibility index (Phi) is 31.8. The molecule has 7 rings (SSSR count). The number of carbonyl (C=O) groups excluding carboxylic acids is 3. The number of ether oxygens (including phenoxy) is 6. The molecule has 6 aromatic rings. The summed E-state index contributed by atoms with van der Waals surface area (Å²) in [5, 5.41) is 0. The van der Waals surface area contributed by atoms with E-state index in [2.05, 4.69) is 92.3 Å². The van der Waals surface area contributed by atoms with Crippen LogP contribution in [0.3, 0.4) is 0 Å². The number of aromatic nitrogens is 3. The molecule has 1 fully saturated rings. The fraction of sp³-hybridized carbons (Fsp3) is 0.475. The van der Waals surface area contributed by atoms with Crippen LogP contribution in [0.5, 0.6) is 17.2 Å². The van der Waals surface area contributed by atoms with E-state index in [1.165, 1.54) is 47.0 Å². The number of rotatable bonds is 34. The van der Waals surface area contributed by atoms with Crippen LogP contribution in [0.15, 0.2) is 109 Å². The van der Waals surface area contributed by atoms with Crippen molar-refractivity contribution in [3.8, 4) is 52.8 Å². The van der Waals surface area contributed by atoms with Crippen LogP contribution in [0.4, 0.5) is 0 Å². The van der Waals surface area contributed by atoms with Crippen LogP contribution in [0, 0.1) is 35.5 Å². The first-order valence-electron chi connectivity index (χ1n) is 35.4. The molecule has 0 bridgehead atoms. The number of methoxy groups -OCH3 is 3. The highest BCUT2D eigenvalue weighted by Gasteiger charge is 2.23. The molecule has 0 aliphatic carbocycles. The normalized spacial score (nSPS) is 13.3. The lowest BCUT2D eigenvalue weighted by Crippen LogP contribution is -2.42. The van der Waals surface area contributed by atoms with E-state index < -0.39 is 28.0 Å². The predicted octanol–water partition coefficient (Wildman–Crippen LogP) is 9.32. The van der Waals surface area contributed by atoms with Crippen LogP contribution in [0.2, 0.25) is 0 Å². The number of benzene rings is 3. The standard InChI is InChI=1S/C80H105N9O12S/c1-12-14-44-87(3,4)46-16-50-99-72-32-26-63(27-33-72)20-23-66-54-69(81-75(57-66)78(90)96-9)60-84-38-39-85(61-70-55-67(58-76(82-70)79(91)97-10)24-21-64-28-34-73(35-29-64)100-51-17-47-88(5,6)45-15-13-2)41-43-86(42-40-84)62-71-56-68(59-77(83-71)80(92)98-11)25-22-65-30-36-74(37-31-65)101-52-18-48-89(7,8)49-19-53-102(93,94)95/h26-37,54-59H,12-19,38-53,60-62H2,1-11H3/q+2. The Morgan fingerprint density at radius 1 is 0.402 bits per heavy atom. The second-order valence-corrected chi connectivity index (χ2v) is 29.4. The first kappa shape index (κ1) is 80.6. The van der Waals surface area contributed by atoms with E-state index in [9.17, 15) is 27.4 Å². The maximum atomic E-state index is 13.3. The molecule has 0 spiro atoms. The van der Waals surface area contributed by atoms with E-state index in [0.717, 1.165) is 89.1 Å². The SMILES string of the molecule is CCCC[N+](C)(C)CCCOc1ccc(C#Cc2cc(CN3CCN(Cc4cc(C#Cc5ccc(OCCC[N+](C)(C)CCCC)cc5)cc(C(=O)OC)n4)CCN(Cc4cc(C#Cc5ccc(OCCC[N+](C)(C)CCCS(=O)(=O)[O-])cc5)cc(C(=O)OC)n4)CC3)nc(C(=O)OC)c2)cc1. The van der Waals surface area contributed by atoms with Gasteiger partial charge in [0.1, 0.15) is 34.3 Å². The van der Waals surface area contributed by atoms with E-state index in [0.29, 0.717) is 136 Å². The van der Waals surface area contributed by atoms with Crippen molar-refractivity contribution in [2.45, 2.75) is 84.8 Å². The maximum absolute atomic E-state index is 13.3. The Balaban J connectivity index is 1.12. The molecule has 4 heterocycles. The minimum Gasteiger partial charge on any atom is -0.748 e. The highest BCUT2D eigenvalue weighted by molar-refractivity contribution is 7.85. The molecule has 546 valence electrons. The van der Waals surface area contributed by atoms with Gasteiger partial charge in [-0.05, 0) is 122 Å². The van der Waals surface area contributed by atoms with E-state index in [-0.39, 0.29) is 22.8 Å². The van der Waals surface area contributed by atoms with Gasteiger partial charge in [0.25, 0.3) is 0 Å². The molecule has 1 aliphatic rings. The van der Waals surface area contributed by atoms with Crippen LogP contribution in [-0.4, -0.2) is 242 Å². The topological polar surface area (TPSA) is 212 Å². The average molecular weight is 1420 g/mol. The number of carbonyl (C=O) groups is 3. The second-order valence-electron chi connectivity index (χ2n) is 27.9. The van der Waals surface area contributed by atoms with Crippen molar-refractivity contribution in [1.82, 2.24) is 29.7 Å². The average Bonchev–Trinajstić information content (AvgIpc) is 1.03. The van der Waals surface area contributed by atoms with E-state index >= 15 is 0 Å². The summed E-state index contributed by atoms with van der Waals surface area (Å²) in [6.45, 7) is 16.3. The van der Waals surface area contributed by atoms with Gasteiger partial charge in [-0.25, -0.2) is 37.8 Å². The van der Waals surface area contributed by atoms with Gasteiger partial charge in [0, 0.05) is 124 Å². The number of esters is 3. The fourth-order valence-electron chi connectivity index (χ4n) is 11.8. The van der Waals surface area contributed by atoms with Gasteiger partial charge in [0.05, 0.1) is 150 Å². The van der Waals surface area contributed by atoms with Gasteiger partial charge in [-0.15, -0.1) is 0 Å². The minimum atomic E-state index is -4.25. The van der Waals surface area contributed by atoms with Crippen molar-refractivity contribution >= 4 is 28.0 Å². The Labute approximate surface area is 606 Å². The molecule has 22 heteroatoms. The van der Waals surface area contributed by atoms with Crippen molar-refractivity contribution in [3.63, 3.8) is 0 Å². The highest BCUT2D eigenvalue weighted by atomic mass is 32.2. The van der Waals surface area contributed by atoms with Crippen LogP contribution >= 0.6 is 0 Å². The quantitative estimate of drug-likeness (QED) is 0.00919. The minimum absolute atomic E-state index is 0.112. The Bertz CT molecular complexity index is 3850. The number of hydrogen-bond donors (Lipinski definition) is 0. The van der Waals surface area contributed by atoms with Crippen LogP contribution in [-0.2, 0) is 44.0 Å². The van der Waals surface area contributed by atoms with Crippen LogP contribution in [0.25, 0.3) is 0 Å². The van der Waals surface area contributed by atoms with Gasteiger partial charge >= 0.3 is 17.9 Å². The summed E-state index contributed by atoms with van der Waals surface area (Å²) in [5.41, 5.74) is 6.27. The summed E-state index contributed by atoms with van der Waals surface area (Å²) in [7, 11) is 12.8. The summed E-state index contributed by atoms with van der Waals surface area (Å²) in [4.78, 5) is 61.1. The number of pyridine rings is 3. The van der Waals surface area contributed by atoms with Crippen LogP contribution < -0.4 is 14.2 Å². The summed E-state index contributed by atoms with van der Waals surface area (Å²) in [6, 6.07) is 33.5. The lowest BCUT2D eigenvalue weighted by molar-refractivity contribution is -0.890. The summed E-state index contributed by atoms with van der Waals surface area (Å²) < 4.78 is 69.6. The second kappa shape index (κ2) is 40.2. The third kappa shape index (κ3) is 29.3. The summed E-state index contributed by atoms with van der Waals surface area (Å²) in [6.07, 6.45) is 7.68. The zero-order valence-corrected chi connectivity index (χ0v) is 62.6. The molecule has 0 N–H and O–H groups in total. The monoisotopic (exact) mass is 1420 g/mol. The zero-order valence-electron chi connectivity index (χ0n) is 61.8. The van der Waals surface area contributed by atoms with Crippen molar-refractivity contribution in [2.75, 3.05) is 168 Å². The lowest BCUT2D eigenvalue weighted by Gasteiger charge is -2.30. The van der Waals surface area contributed by atoms with E-state index in [1.54, 1.807) is 18.2 Å². The summed E-state index contributed by atoms with van der Waals surface area (Å²) in [5.74, 6) is 19.7. The molecule has 0 atom stereocenters. The maximum Gasteiger partial charge on any atom is 0.356 e. The lowest BCUT2D eigenvalue weighted by atomic mass is 10.1. The number of quaternary nitrogens is 3. The van der Waals surface area contributed by atoms with Gasteiger partial charge in [-0.3, -0.25) is 14.7 Å². The van der Waals surface area contributed by atoms with Gasteiger partial charge in [-0.1, -0.05) is 62.2 Å². The van der Waals surface area contributed by atoms with Crippen molar-refractivity contribution in [2.24, 2.45) is 0 Å². The third-order valence-electron chi connectivity index (χ3n) is 17.7. The van der Waals surface area contributed by atoms with Gasteiger partial charge in [0.15, 0.2) is 0 Å². The Morgan fingerprint density at radius 3 is 0.912 bits per heavy atom. The molecule has 0 unspecified atom stereocenters. The van der Waals surface area contributed by atoms with E-state index in [1.807, 2.05) is 105 Å². The van der Waals surface area contributed by atoms with Gasteiger partial charge in [0.2, 0.25) is 0 Å². The molecule has 0 radical (unpaired) electrons. The molecule has 21 nitrogen and oxygen atoms in total. The van der Waals surface area contributed by atoms with Crippen molar-refractivity contribution < 1.29 is 69.2 Å². The first-order valence-corrected chi connectivity index (χ1v) is 37.0.